The molecule has 18 heavy (non-hydrogen) atoms. The Morgan fingerprint density at radius 2 is 2.33 bits per heavy atom. The first-order valence-electron chi connectivity index (χ1n) is 5.52. The van der Waals surface area contributed by atoms with Crippen LogP contribution in [0.1, 0.15) is 11.1 Å². The van der Waals surface area contributed by atoms with Gasteiger partial charge in [-0.3, -0.25) is 4.79 Å². The molecule has 0 spiro atoms. The molecule has 0 saturated carbocycles. The summed E-state index contributed by atoms with van der Waals surface area (Å²) in [6.07, 6.45) is 0. The fourth-order valence-corrected chi connectivity index (χ4v) is 1.97. The number of halogens is 1. The number of ether oxygens (including phenoxy) is 1. The van der Waals surface area contributed by atoms with Gasteiger partial charge in [-0.25, -0.2) is 4.39 Å². The van der Waals surface area contributed by atoms with Crippen LogP contribution < -0.4 is 5.73 Å². The van der Waals surface area contributed by atoms with E-state index in [2.05, 4.69) is 0 Å². The van der Waals surface area contributed by atoms with Crippen LogP contribution in [-0.2, 0) is 16.1 Å². The molecular weight excluding hydrogens is 255 g/mol. The smallest absolute Gasteiger partial charge is 0.248 e. The molecule has 1 amide bonds. The molecular formula is C12H13FN2O2S. The Balaban J connectivity index is 2.21. The van der Waals surface area contributed by atoms with E-state index in [1.165, 1.54) is 6.07 Å². The highest BCUT2D eigenvalue weighted by Crippen LogP contribution is 2.16. The standard InChI is InChI=1S/C12H13FN2O2S/c13-11-8(2-1-3-9(11)12(14)18)6-15-4-5-17-7-10(15)16/h1-3H,4-7H2,(H2,14,18). The third kappa shape index (κ3) is 2.65. The van der Waals surface area contributed by atoms with Gasteiger partial charge < -0.3 is 15.4 Å². The Labute approximate surface area is 110 Å². The molecule has 0 bridgehead atoms. The van der Waals surface area contributed by atoms with Crippen LogP contribution in [0.5, 0.6) is 0 Å². The summed E-state index contributed by atoms with van der Waals surface area (Å²) in [6, 6.07) is 4.83. The topological polar surface area (TPSA) is 55.6 Å². The minimum Gasteiger partial charge on any atom is -0.389 e. The van der Waals surface area contributed by atoms with Crippen LogP contribution in [0, 0.1) is 5.82 Å². The van der Waals surface area contributed by atoms with Crippen LogP contribution in [-0.4, -0.2) is 35.6 Å². The van der Waals surface area contributed by atoms with Crippen molar-refractivity contribution in [2.45, 2.75) is 6.54 Å². The van der Waals surface area contributed by atoms with Crippen LogP contribution >= 0.6 is 12.2 Å². The monoisotopic (exact) mass is 268 g/mol. The van der Waals surface area contributed by atoms with Crippen LogP contribution in [0.4, 0.5) is 4.39 Å². The average Bonchev–Trinajstić information content (AvgIpc) is 2.34. The Morgan fingerprint density at radius 3 is 3.00 bits per heavy atom. The Bertz CT molecular complexity index is 493. The number of rotatable bonds is 3. The van der Waals surface area contributed by atoms with Gasteiger partial charge in [0.1, 0.15) is 17.4 Å². The van der Waals surface area contributed by atoms with E-state index in [-0.39, 0.29) is 29.6 Å². The minimum atomic E-state index is -0.454. The van der Waals surface area contributed by atoms with Gasteiger partial charge in [0.25, 0.3) is 0 Å². The molecule has 4 nitrogen and oxygen atoms in total. The predicted molar refractivity (Wildman–Crippen MR) is 68.5 cm³/mol. The number of carbonyl (C=O) groups excluding carboxylic acids is 1. The van der Waals surface area contributed by atoms with Gasteiger partial charge in [0.05, 0.1) is 6.61 Å². The molecule has 0 aliphatic carbocycles. The van der Waals surface area contributed by atoms with Crippen LogP contribution in [0.3, 0.4) is 0 Å². The first kappa shape index (κ1) is 12.9. The molecule has 2 N–H and O–H groups in total. The van der Waals surface area contributed by atoms with Gasteiger partial charge in [-0.2, -0.15) is 0 Å². The zero-order valence-electron chi connectivity index (χ0n) is 9.69. The normalized spacial score (nSPS) is 15.8. The molecule has 1 aliphatic heterocycles. The van der Waals surface area contributed by atoms with Crippen LogP contribution in [0.25, 0.3) is 0 Å². The Hall–Kier alpha value is -1.53. The maximum absolute atomic E-state index is 14.1. The van der Waals surface area contributed by atoms with Crippen molar-refractivity contribution in [1.29, 1.82) is 0 Å². The third-order valence-corrected chi connectivity index (χ3v) is 3.01. The number of hydrogen-bond acceptors (Lipinski definition) is 3. The van der Waals surface area contributed by atoms with Crippen molar-refractivity contribution < 1.29 is 13.9 Å². The molecule has 0 unspecified atom stereocenters. The lowest BCUT2D eigenvalue weighted by molar-refractivity contribution is -0.143. The first-order chi connectivity index (χ1) is 8.59. The first-order valence-corrected chi connectivity index (χ1v) is 5.93. The van der Waals surface area contributed by atoms with Crippen molar-refractivity contribution in [3.05, 3.63) is 35.1 Å². The summed E-state index contributed by atoms with van der Waals surface area (Å²) < 4.78 is 19.1. The van der Waals surface area contributed by atoms with Crippen molar-refractivity contribution in [2.24, 2.45) is 5.73 Å². The largest absolute Gasteiger partial charge is 0.389 e. The Kier molecular flexibility index (Phi) is 3.88. The molecule has 96 valence electrons. The Morgan fingerprint density at radius 1 is 1.56 bits per heavy atom. The predicted octanol–water partition coefficient (Wildman–Crippen LogP) is 0.819. The second-order valence-electron chi connectivity index (χ2n) is 4.01. The molecule has 0 radical (unpaired) electrons. The highest BCUT2D eigenvalue weighted by Gasteiger charge is 2.20. The lowest BCUT2D eigenvalue weighted by Gasteiger charge is -2.27. The van der Waals surface area contributed by atoms with Gasteiger partial charge in [-0.1, -0.05) is 24.4 Å². The number of nitrogens with two attached hydrogens (primary N) is 1. The van der Waals surface area contributed by atoms with E-state index < -0.39 is 5.82 Å². The van der Waals surface area contributed by atoms with E-state index in [1.807, 2.05) is 0 Å². The van der Waals surface area contributed by atoms with Crippen molar-refractivity contribution in [2.75, 3.05) is 19.8 Å². The molecule has 2 rings (SSSR count). The molecule has 1 fully saturated rings. The maximum Gasteiger partial charge on any atom is 0.248 e. The maximum atomic E-state index is 14.1. The fraction of sp³-hybridized carbons (Fsp3) is 0.333. The molecule has 6 heteroatoms. The second kappa shape index (κ2) is 5.41. The lowest BCUT2D eigenvalue weighted by atomic mass is 10.1. The van der Waals surface area contributed by atoms with Crippen LogP contribution in [0.2, 0.25) is 0 Å². The number of nitrogens with zero attached hydrogens (tertiary/aromatic N) is 1. The number of thiocarbonyl (C=S) groups is 1. The lowest BCUT2D eigenvalue weighted by Crippen LogP contribution is -2.41. The fourth-order valence-electron chi connectivity index (χ4n) is 1.82. The van der Waals surface area contributed by atoms with Crippen molar-refractivity contribution in [3.8, 4) is 0 Å². The average molecular weight is 268 g/mol. The minimum absolute atomic E-state index is 0.0163. The molecule has 1 aromatic rings. The van der Waals surface area contributed by atoms with Gasteiger partial charge in [-0.05, 0) is 6.07 Å². The summed E-state index contributed by atoms with van der Waals surface area (Å²) in [5.74, 6) is -0.592. The van der Waals surface area contributed by atoms with E-state index in [0.717, 1.165) is 0 Å². The van der Waals surface area contributed by atoms with E-state index in [9.17, 15) is 9.18 Å². The SMILES string of the molecule is NC(=S)c1cccc(CN2CCOCC2=O)c1F. The second-order valence-corrected chi connectivity index (χ2v) is 4.45. The number of amides is 1. The van der Waals surface area contributed by atoms with Crippen molar-refractivity contribution in [1.82, 2.24) is 4.90 Å². The summed E-state index contributed by atoms with van der Waals surface area (Å²) in [4.78, 5) is 13.1. The summed E-state index contributed by atoms with van der Waals surface area (Å²) in [5, 5.41) is 0. The van der Waals surface area contributed by atoms with E-state index in [0.29, 0.717) is 18.7 Å². The molecule has 1 saturated heterocycles. The molecule has 0 atom stereocenters. The molecule has 1 heterocycles. The van der Waals surface area contributed by atoms with E-state index >= 15 is 0 Å². The van der Waals surface area contributed by atoms with Crippen LogP contribution in [0.15, 0.2) is 18.2 Å². The van der Waals surface area contributed by atoms with Gasteiger partial charge in [0.15, 0.2) is 0 Å². The summed E-state index contributed by atoms with van der Waals surface area (Å²) in [7, 11) is 0. The van der Waals surface area contributed by atoms with Crippen molar-refractivity contribution >= 4 is 23.1 Å². The molecule has 0 aromatic heterocycles. The van der Waals surface area contributed by atoms with E-state index in [1.54, 1.807) is 17.0 Å². The summed E-state index contributed by atoms with van der Waals surface area (Å²) >= 11 is 4.77. The van der Waals surface area contributed by atoms with Gasteiger partial charge in [0, 0.05) is 24.2 Å². The van der Waals surface area contributed by atoms with Gasteiger partial charge in [-0.15, -0.1) is 0 Å². The number of benzene rings is 1. The number of morpholine rings is 1. The molecule has 1 aromatic carbocycles. The van der Waals surface area contributed by atoms with E-state index in [4.69, 9.17) is 22.7 Å². The highest BCUT2D eigenvalue weighted by atomic mass is 32.1. The summed E-state index contributed by atoms with van der Waals surface area (Å²) in [5.41, 5.74) is 6.06. The third-order valence-electron chi connectivity index (χ3n) is 2.79. The van der Waals surface area contributed by atoms with Gasteiger partial charge >= 0.3 is 0 Å². The number of carbonyl (C=O) groups is 1. The summed E-state index contributed by atoms with van der Waals surface area (Å²) in [6.45, 7) is 1.21. The van der Waals surface area contributed by atoms with Gasteiger partial charge in [0.2, 0.25) is 5.91 Å². The number of hydrogen-bond donors (Lipinski definition) is 1. The highest BCUT2D eigenvalue weighted by molar-refractivity contribution is 7.80. The quantitative estimate of drug-likeness (QED) is 0.825. The zero-order valence-corrected chi connectivity index (χ0v) is 10.5. The molecule has 1 aliphatic rings. The van der Waals surface area contributed by atoms with Crippen molar-refractivity contribution in [3.63, 3.8) is 0 Å². The zero-order chi connectivity index (χ0) is 13.1.